The molecular formula is C13H20N4. The summed E-state index contributed by atoms with van der Waals surface area (Å²) in [6.07, 6.45) is 4.96. The number of imidazole rings is 1. The molecule has 1 N–H and O–H groups in total. The quantitative estimate of drug-likeness (QED) is 0.859. The Bertz CT molecular complexity index is 462. The Morgan fingerprint density at radius 1 is 1.24 bits per heavy atom. The Kier molecular flexibility index (Phi) is 3.52. The standard InChI is InChI=1S/C13H20N4/c1-4-7-16-10-14-8-13(16)9-15-17-11(2)5-6-12(17)3/h5-6,8,10,15H,4,7,9H2,1-3H3. The Morgan fingerprint density at radius 2 is 1.94 bits per heavy atom. The molecule has 0 fully saturated rings. The summed E-state index contributed by atoms with van der Waals surface area (Å²) in [5, 5.41) is 0. The number of hydrogen-bond acceptors (Lipinski definition) is 2. The first-order valence-corrected chi connectivity index (χ1v) is 6.10. The summed E-state index contributed by atoms with van der Waals surface area (Å²) in [5.41, 5.74) is 7.09. The lowest BCUT2D eigenvalue weighted by atomic mass is 10.4. The third kappa shape index (κ3) is 2.52. The van der Waals surface area contributed by atoms with Gasteiger partial charge in [0.15, 0.2) is 0 Å². The van der Waals surface area contributed by atoms with Crippen molar-refractivity contribution in [2.24, 2.45) is 0 Å². The van der Waals surface area contributed by atoms with Gasteiger partial charge in [-0.15, -0.1) is 0 Å². The van der Waals surface area contributed by atoms with E-state index in [9.17, 15) is 0 Å². The molecule has 4 nitrogen and oxygen atoms in total. The topological polar surface area (TPSA) is 34.8 Å². The van der Waals surface area contributed by atoms with Crippen LogP contribution in [0.3, 0.4) is 0 Å². The zero-order valence-corrected chi connectivity index (χ0v) is 10.8. The highest BCUT2D eigenvalue weighted by molar-refractivity contribution is 5.16. The van der Waals surface area contributed by atoms with Crippen LogP contribution in [0.15, 0.2) is 24.7 Å². The van der Waals surface area contributed by atoms with Crippen molar-refractivity contribution >= 4 is 0 Å². The molecule has 0 aliphatic carbocycles. The number of nitrogens with one attached hydrogen (secondary N) is 1. The van der Waals surface area contributed by atoms with Crippen LogP contribution in [0.5, 0.6) is 0 Å². The SMILES string of the molecule is CCCn1cncc1CNn1c(C)ccc1C. The van der Waals surface area contributed by atoms with E-state index in [4.69, 9.17) is 0 Å². The van der Waals surface area contributed by atoms with Crippen LogP contribution in [0.25, 0.3) is 0 Å². The summed E-state index contributed by atoms with van der Waals surface area (Å²) in [6, 6.07) is 4.23. The molecule has 0 aromatic carbocycles. The maximum absolute atomic E-state index is 4.20. The van der Waals surface area contributed by atoms with Gasteiger partial charge in [0.25, 0.3) is 0 Å². The number of nitrogens with zero attached hydrogens (tertiary/aromatic N) is 3. The molecule has 2 aromatic rings. The molecule has 0 aliphatic heterocycles. The molecule has 0 spiro atoms. The lowest BCUT2D eigenvalue weighted by Crippen LogP contribution is -2.18. The molecule has 0 saturated heterocycles. The monoisotopic (exact) mass is 232 g/mol. The maximum Gasteiger partial charge on any atom is 0.0948 e. The van der Waals surface area contributed by atoms with E-state index in [2.05, 4.69) is 52.6 Å². The van der Waals surface area contributed by atoms with Crippen molar-refractivity contribution in [2.45, 2.75) is 40.3 Å². The van der Waals surface area contributed by atoms with Crippen LogP contribution in [0, 0.1) is 13.8 Å². The zero-order valence-electron chi connectivity index (χ0n) is 10.8. The molecule has 17 heavy (non-hydrogen) atoms. The Morgan fingerprint density at radius 3 is 2.59 bits per heavy atom. The third-order valence-corrected chi connectivity index (χ3v) is 2.95. The first-order valence-electron chi connectivity index (χ1n) is 6.10. The van der Waals surface area contributed by atoms with E-state index >= 15 is 0 Å². The minimum Gasteiger partial charge on any atom is -0.333 e. The molecule has 0 bridgehead atoms. The van der Waals surface area contributed by atoms with Crippen molar-refractivity contribution in [3.8, 4) is 0 Å². The van der Waals surface area contributed by atoms with Crippen molar-refractivity contribution < 1.29 is 0 Å². The summed E-state index contributed by atoms with van der Waals surface area (Å²) < 4.78 is 4.31. The van der Waals surface area contributed by atoms with Crippen LogP contribution in [-0.4, -0.2) is 14.2 Å². The molecule has 0 radical (unpaired) electrons. The predicted octanol–water partition coefficient (Wildman–Crippen LogP) is 2.46. The molecule has 92 valence electrons. The second kappa shape index (κ2) is 5.08. The number of hydrogen-bond donors (Lipinski definition) is 1. The van der Waals surface area contributed by atoms with Crippen LogP contribution >= 0.6 is 0 Å². The van der Waals surface area contributed by atoms with E-state index < -0.39 is 0 Å². The van der Waals surface area contributed by atoms with E-state index in [1.165, 1.54) is 17.1 Å². The summed E-state index contributed by atoms with van der Waals surface area (Å²) in [5.74, 6) is 0. The molecule has 2 heterocycles. The van der Waals surface area contributed by atoms with Crippen molar-refractivity contribution in [3.63, 3.8) is 0 Å². The van der Waals surface area contributed by atoms with Gasteiger partial charge in [-0.1, -0.05) is 6.92 Å². The largest absolute Gasteiger partial charge is 0.333 e. The molecule has 0 saturated carbocycles. The molecule has 0 aliphatic rings. The van der Waals surface area contributed by atoms with Crippen LogP contribution in [-0.2, 0) is 13.1 Å². The van der Waals surface area contributed by atoms with Crippen molar-refractivity contribution in [2.75, 3.05) is 5.43 Å². The van der Waals surface area contributed by atoms with E-state index in [0.717, 1.165) is 19.5 Å². The normalized spacial score (nSPS) is 10.8. The Balaban J connectivity index is 2.05. The zero-order chi connectivity index (χ0) is 12.3. The van der Waals surface area contributed by atoms with E-state index in [0.29, 0.717) is 0 Å². The third-order valence-electron chi connectivity index (χ3n) is 2.95. The van der Waals surface area contributed by atoms with Gasteiger partial charge < -0.3 is 9.99 Å². The lowest BCUT2D eigenvalue weighted by molar-refractivity contribution is 0.639. The van der Waals surface area contributed by atoms with Crippen LogP contribution in [0.4, 0.5) is 0 Å². The molecule has 0 unspecified atom stereocenters. The van der Waals surface area contributed by atoms with Crippen LogP contribution < -0.4 is 5.43 Å². The highest BCUT2D eigenvalue weighted by atomic mass is 15.4. The van der Waals surface area contributed by atoms with Gasteiger partial charge in [0.05, 0.1) is 18.6 Å². The first-order chi connectivity index (χ1) is 8.22. The molecular weight excluding hydrogens is 212 g/mol. The van der Waals surface area contributed by atoms with Gasteiger partial charge in [0.1, 0.15) is 0 Å². The van der Waals surface area contributed by atoms with E-state index in [1.807, 2.05) is 12.5 Å². The summed E-state index contributed by atoms with van der Waals surface area (Å²) in [7, 11) is 0. The van der Waals surface area contributed by atoms with Gasteiger partial charge in [0, 0.05) is 24.1 Å². The fraction of sp³-hybridized carbons (Fsp3) is 0.462. The average molecular weight is 232 g/mol. The first kappa shape index (κ1) is 11.8. The molecule has 2 aromatic heterocycles. The second-order valence-corrected chi connectivity index (χ2v) is 4.36. The second-order valence-electron chi connectivity index (χ2n) is 4.36. The number of aromatic nitrogens is 3. The van der Waals surface area contributed by atoms with Crippen LogP contribution in [0.2, 0.25) is 0 Å². The Labute approximate surface area is 102 Å². The fourth-order valence-electron chi connectivity index (χ4n) is 2.02. The van der Waals surface area contributed by atoms with Crippen molar-refractivity contribution in [3.05, 3.63) is 41.7 Å². The fourth-order valence-corrected chi connectivity index (χ4v) is 2.02. The van der Waals surface area contributed by atoms with Gasteiger partial charge >= 0.3 is 0 Å². The van der Waals surface area contributed by atoms with Gasteiger partial charge in [-0.3, -0.25) is 4.68 Å². The molecule has 2 rings (SSSR count). The van der Waals surface area contributed by atoms with Crippen molar-refractivity contribution in [1.82, 2.24) is 14.2 Å². The lowest BCUT2D eigenvalue weighted by Gasteiger charge is -2.13. The molecule has 0 atom stereocenters. The smallest absolute Gasteiger partial charge is 0.0948 e. The summed E-state index contributed by atoms with van der Waals surface area (Å²) >= 11 is 0. The predicted molar refractivity (Wildman–Crippen MR) is 69.5 cm³/mol. The van der Waals surface area contributed by atoms with Gasteiger partial charge in [-0.2, -0.15) is 0 Å². The minimum atomic E-state index is 0.802. The highest BCUT2D eigenvalue weighted by Crippen LogP contribution is 2.06. The highest BCUT2D eigenvalue weighted by Gasteiger charge is 2.03. The number of aryl methyl sites for hydroxylation is 3. The summed E-state index contributed by atoms with van der Waals surface area (Å²) in [4.78, 5) is 4.20. The van der Waals surface area contributed by atoms with Crippen molar-refractivity contribution in [1.29, 1.82) is 0 Å². The van der Waals surface area contributed by atoms with E-state index in [1.54, 1.807) is 0 Å². The van der Waals surface area contributed by atoms with Crippen LogP contribution in [0.1, 0.15) is 30.4 Å². The Hall–Kier alpha value is -1.71. The minimum absolute atomic E-state index is 0.802. The maximum atomic E-state index is 4.20. The van der Waals surface area contributed by atoms with E-state index in [-0.39, 0.29) is 0 Å². The number of rotatable bonds is 5. The average Bonchev–Trinajstić information content (AvgIpc) is 2.86. The van der Waals surface area contributed by atoms with Gasteiger partial charge in [-0.25, -0.2) is 4.98 Å². The summed E-state index contributed by atoms with van der Waals surface area (Å²) in [6.45, 7) is 8.21. The van der Waals surface area contributed by atoms with Gasteiger partial charge in [-0.05, 0) is 32.4 Å². The van der Waals surface area contributed by atoms with Gasteiger partial charge in [0.2, 0.25) is 0 Å². The molecule has 0 amide bonds. The molecule has 4 heteroatoms.